The van der Waals surface area contributed by atoms with Crippen LogP contribution in [-0.4, -0.2) is 40.0 Å². The zero-order chi connectivity index (χ0) is 29.8. The van der Waals surface area contributed by atoms with Gasteiger partial charge in [0.2, 0.25) is 5.91 Å². The maximum atomic E-state index is 13.8. The molecule has 0 saturated heterocycles. The highest BCUT2D eigenvalue weighted by molar-refractivity contribution is 7.92. The second-order valence-electron chi connectivity index (χ2n) is 9.81. The second kappa shape index (κ2) is 12.4. The van der Waals surface area contributed by atoms with Crippen LogP contribution in [0.3, 0.4) is 0 Å². The van der Waals surface area contributed by atoms with Gasteiger partial charge in [0, 0.05) is 11.6 Å². The Labute approximate surface area is 235 Å². The molecule has 0 aliphatic carbocycles. The number of methoxy groups -OCH3 is 2. The van der Waals surface area contributed by atoms with Crippen LogP contribution in [0, 0.1) is 24.0 Å². The molecular formula is C29H35N3O7S. The smallest absolute Gasteiger partial charge is 0.273 e. The summed E-state index contributed by atoms with van der Waals surface area (Å²) in [5.41, 5.74) is 2.99. The summed E-state index contributed by atoms with van der Waals surface area (Å²) in [6, 6.07) is 13.3. The third kappa shape index (κ3) is 6.53. The zero-order valence-corrected chi connectivity index (χ0v) is 24.5. The molecule has 3 aromatic carbocycles. The number of aryl methyl sites for hydroxylation is 2. The van der Waals surface area contributed by atoms with Gasteiger partial charge < -0.3 is 14.8 Å². The van der Waals surface area contributed by atoms with Crippen LogP contribution < -0.4 is 19.1 Å². The average Bonchev–Trinajstić information content (AvgIpc) is 2.91. The first-order chi connectivity index (χ1) is 18.8. The predicted molar refractivity (Wildman–Crippen MR) is 154 cm³/mol. The summed E-state index contributed by atoms with van der Waals surface area (Å²) in [5, 5.41) is 14.4. The van der Waals surface area contributed by atoms with Crippen LogP contribution in [-0.2, 0) is 14.8 Å². The van der Waals surface area contributed by atoms with Crippen LogP contribution in [0.2, 0.25) is 0 Å². The number of carbonyl (C=O) groups excluding carboxylic acids is 1. The van der Waals surface area contributed by atoms with Crippen molar-refractivity contribution in [2.45, 2.75) is 51.5 Å². The lowest BCUT2D eigenvalue weighted by Gasteiger charge is -2.26. The molecule has 1 N–H and O–H groups in total. The number of rotatable bonds is 11. The first-order valence-corrected chi connectivity index (χ1v) is 14.1. The highest BCUT2D eigenvalue weighted by atomic mass is 32.2. The number of benzene rings is 3. The van der Waals surface area contributed by atoms with Crippen molar-refractivity contribution in [1.82, 2.24) is 5.32 Å². The number of ether oxygens (including phenoxy) is 2. The molecule has 1 atom stereocenters. The third-order valence-corrected chi connectivity index (χ3v) is 8.47. The normalized spacial score (nSPS) is 12.1. The Hall–Kier alpha value is -4.12. The maximum Gasteiger partial charge on any atom is 0.273 e. The van der Waals surface area contributed by atoms with E-state index < -0.39 is 33.4 Å². The molecule has 3 aromatic rings. The van der Waals surface area contributed by atoms with Gasteiger partial charge in [-0.2, -0.15) is 0 Å². The summed E-state index contributed by atoms with van der Waals surface area (Å²) in [4.78, 5) is 23.9. The van der Waals surface area contributed by atoms with E-state index in [0.717, 1.165) is 32.8 Å². The minimum absolute atomic E-state index is 0.187. The number of carbonyl (C=O) groups is 1. The van der Waals surface area contributed by atoms with Crippen molar-refractivity contribution in [3.05, 3.63) is 87.0 Å². The summed E-state index contributed by atoms with van der Waals surface area (Å²) in [7, 11) is -1.27. The average molecular weight is 570 g/mol. The fourth-order valence-corrected chi connectivity index (χ4v) is 5.88. The number of hydrogen-bond acceptors (Lipinski definition) is 7. The quantitative estimate of drug-likeness (QED) is 0.241. The van der Waals surface area contributed by atoms with Gasteiger partial charge in [-0.3, -0.25) is 19.2 Å². The van der Waals surface area contributed by atoms with E-state index >= 15 is 0 Å². The zero-order valence-electron chi connectivity index (χ0n) is 23.7. The Balaban J connectivity index is 1.98. The molecule has 0 aliphatic rings. The van der Waals surface area contributed by atoms with Gasteiger partial charge in [-0.25, -0.2) is 8.42 Å². The van der Waals surface area contributed by atoms with E-state index in [9.17, 15) is 23.3 Å². The van der Waals surface area contributed by atoms with Crippen molar-refractivity contribution in [1.29, 1.82) is 0 Å². The largest absolute Gasteiger partial charge is 0.497 e. The molecule has 10 nitrogen and oxygen atoms in total. The number of hydrogen-bond donors (Lipinski definition) is 1. The van der Waals surface area contributed by atoms with E-state index in [1.165, 1.54) is 38.3 Å². The van der Waals surface area contributed by atoms with E-state index in [4.69, 9.17) is 9.47 Å². The molecule has 0 fully saturated rings. The minimum atomic E-state index is -4.37. The molecule has 40 heavy (non-hydrogen) atoms. The van der Waals surface area contributed by atoms with Gasteiger partial charge in [0.15, 0.2) is 0 Å². The molecule has 0 spiro atoms. The molecule has 0 bridgehead atoms. The van der Waals surface area contributed by atoms with Crippen molar-refractivity contribution >= 4 is 27.3 Å². The van der Waals surface area contributed by atoms with E-state index in [0.29, 0.717) is 11.3 Å². The SMILES string of the molecule is COc1ccc(N(CC(=O)N[C@@H](C)c2cc(C(C)C)c(OC)cc2C)S(=O)(=O)c2ccc(C)c([N+](=O)[O-])c2)cc1. The number of anilines is 1. The Morgan fingerprint density at radius 3 is 2.15 bits per heavy atom. The van der Waals surface area contributed by atoms with E-state index in [2.05, 4.69) is 5.32 Å². The summed E-state index contributed by atoms with van der Waals surface area (Å²) < 4.78 is 39.2. The monoisotopic (exact) mass is 569 g/mol. The minimum Gasteiger partial charge on any atom is -0.497 e. The Kier molecular flexibility index (Phi) is 9.41. The number of nitro groups is 1. The van der Waals surface area contributed by atoms with Crippen LogP contribution >= 0.6 is 0 Å². The lowest BCUT2D eigenvalue weighted by Crippen LogP contribution is -2.41. The van der Waals surface area contributed by atoms with E-state index in [1.807, 2.05) is 39.8 Å². The predicted octanol–water partition coefficient (Wildman–Crippen LogP) is 5.42. The van der Waals surface area contributed by atoms with Gasteiger partial charge >= 0.3 is 0 Å². The Bertz CT molecular complexity index is 1500. The molecule has 0 heterocycles. The highest BCUT2D eigenvalue weighted by Crippen LogP contribution is 2.33. The third-order valence-electron chi connectivity index (χ3n) is 6.70. The second-order valence-corrected chi connectivity index (χ2v) is 11.7. The summed E-state index contributed by atoms with van der Waals surface area (Å²) >= 11 is 0. The molecular weight excluding hydrogens is 534 g/mol. The fraction of sp³-hybridized carbons (Fsp3) is 0.345. The molecule has 0 radical (unpaired) electrons. The maximum absolute atomic E-state index is 13.8. The number of nitrogens with one attached hydrogen (secondary N) is 1. The van der Waals surface area contributed by atoms with Crippen LogP contribution in [0.15, 0.2) is 59.5 Å². The topological polar surface area (TPSA) is 128 Å². The molecule has 1 amide bonds. The van der Waals surface area contributed by atoms with Gasteiger partial charge in [-0.05, 0) is 85.8 Å². The van der Waals surface area contributed by atoms with Crippen molar-refractivity contribution in [2.75, 3.05) is 25.1 Å². The summed E-state index contributed by atoms with van der Waals surface area (Å²) in [6.45, 7) is 8.82. The van der Waals surface area contributed by atoms with E-state index in [1.54, 1.807) is 19.2 Å². The van der Waals surface area contributed by atoms with Crippen LogP contribution in [0.4, 0.5) is 11.4 Å². The van der Waals surface area contributed by atoms with Crippen LogP contribution in [0.25, 0.3) is 0 Å². The van der Waals surface area contributed by atoms with Crippen LogP contribution in [0.5, 0.6) is 11.5 Å². The number of nitro benzene ring substituents is 1. The van der Waals surface area contributed by atoms with Gasteiger partial charge in [-0.1, -0.05) is 19.9 Å². The van der Waals surface area contributed by atoms with Gasteiger partial charge in [-0.15, -0.1) is 0 Å². The molecule has 0 saturated carbocycles. The van der Waals surface area contributed by atoms with Crippen molar-refractivity contribution < 1.29 is 27.6 Å². The lowest BCUT2D eigenvalue weighted by atomic mass is 9.93. The molecule has 0 aliphatic heterocycles. The Morgan fingerprint density at radius 2 is 1.60 bits per heavy atom. The van der Waals surface area contributed by atoms with Crippen LogP contribution in [0.1, 0.15) is 55.0 Å². The van der Waals surface area contributed by atoms with Gasteiger partial charge in [0.1, 0.15) is 18.0 Å². The first-order valence-electron chi connectivity index (χ1n) is 12.7. The first kappa shape index (κ1) is 30.4. The molecule has 11 heteroatoms. The highest BCUT2D eigenvalue weighted by Gasteiger charge is 2.30. The molecule has 214 valence electrons. The molecule has 0 unspecified atom stereocenters. The molecule has 0 aromatic heterocycles. The fourth-order valence-electron chi connectivity index (χ4n) is 4.44. The number of sulfonamides is 1. The number of amides is 1. The van der Waals surface area contributed by atoms with E-state index in [-0.39, 0.29) is 22.2 Å². The van der Waals surface area contributed by atoms with Crippen molar-refractivity contribution in [3.8, 4) is 11.5 Å². The van der Waals surface area contributed by atoms with Crippen molar-refractivity contribution in [3.63, 3.8) is 0 Å². The summed E-state index contributed by atoms with van der Waals surface area (Å²) in [6.07, 6.45) is 0. The Morgan fingerprint density at radius 1 is 0.950 bits per heavy atom. The van der Waals surface area contributed by atoms with Gasteiger partial charge in [0.25, 0.3) is 15.7 Å². The lowest BCUT2D eigenvalue weighted by molar-refractivity contribution is -0.385. The van der Waals surface area contributed by atoms with Gasteiger partial charge in [0.05, 0.1) is 35.8 Å². The van der Waals surface area contributed by atoms with Crippen molar-refractivity contribution in [2.24, 2.45) is 0 Å². The summed E-state index contributed by atoms with van der Waals surface area (Å²) in [5.74, 6) is 0.904. The standard InChI is InChI=1S/C29H35N3O7S/c1-18(2)25-16-26(20(4)14-28(25)39-7)21(5)30-29(33)17-31(22-9-11-23(38-6)12-10-22)40(36,37)24-13-8-19(3)27(15-24)32(34)35/h8-16,18,21H,17H2,1-7H3,(H,30,33)/t21-/m0/s1. The number of nitrogens with zero attached hydrogens (tertiary/aromatic N) is 2. The molecule has 3 rings (SSSR count).